The SMILES string of the molecule is COc1cc2[nH]nc(-c3cnn([C@H]4CCN(C(=O)[C@H](C)O)C4)c3)c2nc1-c1cccc2c1CCC2. The zero-order valence-corrected chi connectivity index (χ0v) is 19.9. The predicted molar refractivity (Wildman–Crippen MR) is 131 cm³/mol. The van der Waals surface area contributed by atoms with E-state index in [0.29, 0.717) is 13.1 Å². The maximum Gasteiger partial charge on any atom is 0.251 e. The molecule has 1 fully saturated rings. The van der Waals surface area contributed by atoms with Gasteiger partial charge in [-0.25, -0.2) is 4.98 Å². The molecule has 0 radical (unpaired) electrons. The Morgan fingerprint density at radius 1 is 1.29 bits per heavy atom. The molecule has 2 N–H and O–H groups in total. The first-order chi connectivity index (χ1) is 17.0. The Morgan fingerprint density at radius 3 is 3.00 bits per heavy atom. The number of aliphatic hydroxyl groups is 1. The highest BCUT2D eigenvalue weighted by molar-refractivity contribution is 5.93. The van der Waals surface area contributed by atoms with Crippen molar-refractivity contribution in [2.75, 3.05) is 20.2 Å². The summed E-state index contributed by atoms with van der Waals surface area (Å²) in [7, 11) is 1.67. The first-order valence-electron chi connectivity index (χ1n) is 12.1. The van der Waals surface area contributed by atoms with Crippen molar-refractivity contribution >= 4 is 16.9 Å². The number of aromatic amines is 1. The van der Waals surface area contributed by atoms with Gasteiger partial charge in [0.25, 0.3) is 5.91 Å². The van der Waals surface area contributed by atoms with Crippen molar-refractivity contribution in [3.8, 4) is 28.3 Å². The van der Waals surface area contributed by atoms with Gasteiger partial charge in [-0.3, -0.25) is 14.6 Å². The van der Waals surface area contributed by atoms with Gasteiger partial charge >= 0.3 is 0 Å². The van der Waals surface area contributed by atoms with Crippen LogP contribution in [0.5, 0.6) is 5.75 Å². The summed E-state index contributed by atoms with van der Waals surface area (Å²) in [6.45, 7) is 2.65. The largest absolute Gasteiger partial charge is 0.494 e. The number of nitrogens with one attached hydrogen (secondary N) is 1. The van der Waals surface area contributed by atoms with Crippen molar-refractivity contribution in [2.45, 2.75) is 44.8 Å². The molecule has 9 heteroatoms. The zero-order chi connectivity index (χ0) is 24.1. The molecule has 1 aromatic carbocycles. The van der Waals surface area contributed by atoms with Crippen molar-refractivity contribution in [3.05, 3.63) is 47.8 Å². The fourth-order valence-corrected chi connectivity index (χ4v) is 5.40. The van der Waals surface area contributed by atoms with Gasteiger partial charge in [0.05, 0.1) is 24.9 Å². The van der Waals surface area contributed by atoms with E-state index in [9.17, 15) is 9.90 Å². The van der Waals surface area contributed by atoms with E-state index in [4.69, 9.17) is 9.72 Å². The van der Waals surface area contributed by atoms with Crippen LogP contribution in [0.1, 0.15) is 36.9 Å². The van der Waals surface area contributed by atoms with E-state index in [0.717, 1.165) is 65.0 Å². The van der Waals surface area contributed by atoms with Gasteiger partial charge in [-0.05, 0) is 43.7 Å². The number of pyridine rings is 1. The van der Waals surface area contributed by atoms with Crippen molar-refractivity contribution in [2.24, 2.45) is 0 Å². The number of carbonyl (C=O) groups excluding carboxylic acids is 1. The number of aryl methyl sites for hydroxylation is 1. The quantitative estimate of drug-likeness (QED) is 0.462. The molecule has 3 aromatic heterocycles. The number of fused-ring (bicyclic) bond motifs is 2. The summed E-state index contributed by atoms with van der Waals surface area (Å²) >= 11 is 0. The first kappa shape index (κ1) is 21.8. The Labute approximate surface area is 202 Å². The molecule has 0 saturated carbocycles. The lowest BCUT2D eigenvalue weighted by molar-refractivity contribution is -0.138. The highest BCUT2D eigenvalue weighted by Crippen LogP contribution is 2.39. The van der Waals surface area contributed by atoms with Gasteiger partial charge in [-0.2, -0.15) is 10.2 Å². The molecule has 2 atom stereocenters. The fraction of sp³-hybridized carbons (Fsp3) is 0.385. The molecule has 4 heterocycles. The summed E-state index contributed by atoms with van der Waals surface area (Å²) in [4.78, 5) is 18.9. The number of carbonyl (C=O) groups is 1. The smallest absolute Gasteiger partial charge is 0.251 e. The highest BCUT2D eigenvalue weighted by Gasteiger charge is 2.30. The molecule has 4 aromatic rings. The van der Waals surface area contributed by atoms with Crippen LogP contribution in [0.15, 0.2) is 36.7 Å². The number of ether oxygens (including phenoxy) is 1. The van der Waals surface area contributed by atoms with Crippen LogP contribution < -0.4 is 4.74 Å². The standard InChI is InChI=1S/C26H28N6O3/c1-15(33)26(34)31-10-9-18(14-31)32-13-17(12-27-32)23-25-21(29-30-23)11-22(35-2)24(28-25)20-8-4-6-16-5-3-7-19(16)20/h4,6,8,11-13,15,18,33H,3,5,7,9-10,14H2,1-2H3,(H,29,30)/t15-,18-/m0/s1. The Kier molecular flexibility index (Phi) is 5.29. The number of rotatable bonds is 5. The van der Waals surface area contributed by atoms with Gasteiger partial charge in [0.2, 0.25) is 0 Å². The van der Waals surface area contributed by atoms with Crippen LogP contribution >= 0.6 is 0 Å². The lowest BCUT2D eigenvalue weighted by Gasteiger charge is -2.18. The summed E-state index contributed by atoms with van der Waals surface area (Å²) < 4.78 is 7.61. The van der Waals surface area contributed by atoms with Crippen LogP contribution in [-0.2, 0) is 17.6 Å². The molecule has 1 saturated heterocycles. The van der Waals surface area contributed by atoms with Gasteiger partial charge in [0.1, 0.15) is 28.8 Å². The van der Waals surface area contributed by atoms with Gasteiger partial charge in [-0.15, -0.1) is 0 Å². The van der Waals surface area contributed by atoms with E-state index >= 15 is 0 Å². The molecule has 35 heavy (non-hydrogen) atoms. The molecule has 1 amide bonds. The summed E-state index contributed by atoms with van der Waals surface area (Å²) in [5, 5.41) is 21.8. The van der Waals surface area contributed by atoms with Crippen molar-refractivity contribution in [3.63, 3.8) is 0 Å². The van der Waals surface area contributed by atoms with E-state index in [1.54, 1.807) is 18.2 Å². The number of likely N-dealkylation sites (tertiary alicyclic amines) is 1. The molecule has 0 unspecified atom stereocenters. The number of aliphatic hydroxyl groups excluding tert-OH is 1. The second-order valence-electron chi connectivity index (χ2n) is 9.42. The minimum atomic E-state index is -0.986. The number of hydrogen-bond acceptors (Lipinski definition) is 6. The summed E-state index contributed by atoms with van der Waals surface area (Å²) in [6.07, 6.45) is 6.87. The van der Waals surface area contributed by atoms with E-state index in [1.165, 1.54) is 18.1 Å². The second kappa shape index (κ2) is 8.49. The number of nitrogens with zero attached hydrogens (tertiary/aromatic N) is 5. The van der Waals surface area contributed by atoms with Gasteiger partial charge < -0.3 is 14.7 Å². The van der Waals surface area contributed by atoms with Crippen LogP contribution in [0.2, 0.25) is 0 Å². The lowest BCUT2D eigenvalue weighted by Crippen LogP contribution is -2.36. The summed E-state index contributed by atoms with van der Waals surface area (Å²) in [5.41, 5.74) is 7.86. The fourth-order valence-electron chi connectivity index (χ4n) is 5.40. The van der Waals surface area contributed by atoms with Crippen LogP contribution in [-0.4, -0.2) is 67.2 Å². The number of hydrogen-bond donors (Lipinski definition) is 2. The van der Waals surface area contributed by atoms with Crippen molar-refractivity contribution in [1.29, 1.82) is 0 Å². The normalized spacial score (nSPS) is 18.3. The van der Waals surface area contributed by atoms with Crippen LogP contribution in [0.25, 0.3) is 33.5 Å². The molecule has 0 spiro atoms. The van der Waals surface area contributed by atoms with Crippen LogP contribution in [0.4, 0.5) is 0 Å². The minimum Gasteiger partial charge on any atom is -0.494 e. The Balaban J connectivity index is 1.36. The minimum absolute atomic E-state index is 0.0622. The highest BCUT2D eigenvalue weighted by atomic mass is 16.5. The number of benzene rings is 1. The number of H-pyrrole nitrogens is 1. The lowest BCUT2D eigenvalue weighted by atomic mass is 9.99. The third-order valence-corrected chi connectivity index (χ3v) is 7.20. The molecular weight excluding hydrogens is 444 g/mol. The van der Waals surface area contributed by atoms with E-state index in [1.807, 2.05) is 16.9 Å². The van der Waals surface area contributed by atoms with Gasteiger partial charge in [-0.1, -0.05) is 18.2 Å². The van der Waals surface area contributed by atoms with E-state index < -0.39 is 6.10 Å². The summed E-state index contributed by atoms with van der Waals surface area (Å²) in [5.74, 6) is 0.480. The van der Waals surface area contributed by atoms with Crippen LogP contribution in [0.3, 0.4) is 0 Å². The maximum absolute atomic E-state index is 12.1. The monoisotopic (exact) mass is 472 g/mol. The average Bonchev–Trinajstić information content (AvgIpc) is 3.66. The molecule has 2 aliphatic rings. The maximum atomic E-state index is 12.1. The van der Waals surface area contributed by atoms with Crippen molar-refractivity contribution < 1.29 is 14.6 Å². The van der Waals surface area contributed by atoms with E-state index in [2.05, 4.69) is 33.5 Å². The molecule has 180 valence electrons. The summed E-state index contributed by atoms with van der Waals surface area (Å²) in [6, 6.07) is 8.45. The van der Waals surface area contributed by atoms with Gasteiger partial charge in [0, 0.05) is 36.5 Å². The number of amides is 1. The van der Waals surface area contributed by atoms with E-state index in [-0.39, 0.29) is 11.9 Å². The Bertz CT molecular complexity index is 1420. The molecular formula is C26H28N6O3. The Morgan fingerprint density at radius 2 is 2.17 bits per heavy atom. The third kappa shape index (κ3) is 3.67. The topological polar surface area (TPSA) is 109 Å². The molecule has 1 aliphatic carbocycles. The molecule has 6 rings (SSSR count). The number of aromatic nitrogens is 5. The average molecular weight is 473 g/mol. The van der Waals surface area contributed by atoms with Crippen molar-refractivity contribution in [1.82, 2.24) is 29.9 Å². The zero-order valence-electron chi connectivity index (χ0n) is 19.9. The molecule has 0 bridgehead atoms. The predicted octanol–water partition coefficient (Wildman–Crippen LogP) is 3.14. The number of methoxy groups -OCH3 is 1. The second-order valence-corrected chi connectivity index (χ2v) is 9.42. The Hall–Kier alpha value is -3.72. The first-order valence-corrected chi connectivity index (χ1v) is 12.1. The van der Waals surface area contributed by atoms with Gasteiger partial charge in [0.15, 0.2) is 0 Å². The molecule has 9 nitrogen and oxygen atoms in total. The molecule has 1 aliphatic heterocycles. The van der Waals surface area contributed by atoms with Crippen LogP contribution in [0, 0.1) is 0 Å². The third-order valence-electron chi connectivity index (χ3n) is 7.20.